The number of rotatable bonds is 7. The number of amides is 1. The number of nitrogens with zero attached hydrogens (tertiary/aromatic N) is 1. The Labute approximate surface area is 168 Å². The highest BCUT2D eigenvalue weighted by Crippen LogP contribution is 2.26. The van der Waals surface area contributed by atoms with E-state index in [1.807, 2.05) is 67.8 Å². The zero-order valence-electron chi connectivity index (χ0n) is 15.2. The molecule has 1 atom stereocenters. The van der Waals surface area contributed by atoms with E-state index < -0.39 is 0 Å². The molecule has 0 saturated carbocycles. The zero-order chi connectivity index (χ0) is 19.2. The van der Waals surface area contributed by atoms with E-state index in [2.05, 4.69) is 10.3 Å². The van der Waals surface area contributed by atoms with Crippen LogP contribution in [0.3, 0.4) is 0 Å². The van der Waals surface area contributed by atoms with Crippen molar-refractivity contribution in [1.82, 2.24) is 10.3 Å². The van der Waals surface area contributed by atoms with Crippen LogP contribution < -0.4 is 10.1 Å². The standard InChI is InChI=1S/C21H21ClN2O2S/c1-3-26-19-9-7-15(8-10-19)14(2)23-20(25)12-18-13-27-21(24-18)16-5-4-6-17(22)11-16/h4-11,13-14H,3,12H2,1-2H3,(H,23,25). The minimum absolute atomic E-state index is 0.0562. The molecule has 6 heteroatoms. The lowest BCUT2D eigenvalue weighted by Gasteiger charge is -2.14. The summed E-state index contributed by atoms with van der Waals surface area (Å²) in [6.07, 6.45) is 0.248. The van der Waals surface area contributed by atoms with E-state index in [1.54, 1.807) is 0 Å². The van der Waals surface area contributed by atoms with Crippen LogP contribution in [0, 0.1) is 0 Å². The number of thiazole rings is 1. The van der Waals surface area contributed by atoms with E-state index in [-0.39, 0.29) is 18.4 Å². The molecule has 4 nitrogen and oxygen atoms in total. The number of hydrogen-bond donors (Lipinski definition) is 1. The summed E-state index contributed by atoms with van der Waals surface area (Å²) in [5.41, 5.74) is 2.75. The van der Waals surface area contributed by atoms with Gasteiger partial charge in [0.1, 0.15) is 10.8 Å². The average Bonchev–Trinajstić information content (AvgIpc) is 3.11. The van der Waals surface area contributed by atoms with Gasteiger partial charge in [-0.15, -0.1) is 11.3 Å². The quantitative estimate of drug-likeness (QED) is 0.586. The van der Waals surface area contributed by atoms with E-state index in [0.29, 0.717) is 11.6 Å². The molecule has 27 heavy (non-hydrogen) atoms. The van der Waals surface area contributed by atoms with Gasteiger partial charge in [-0.2, -0.15) is 0 Å². The number of carbonyl (C=O) groups is 1. The van der Waals surface area contributed by atoms with Crippen molar-refractivity contribution in [3.63, 3.8) is 0 Å². The summed E-state index contributed by atoms with van der Waals surface area (Å²) in [5, 5.41) is 6.47. The molecule has 0 bridgehead atoms. The fourth-order valence-corrected chi connectivity index (χ4v) is 3.71. The fraction of sp³-hybridized carbons (Fsp3) is 0.238. The highest BCUT2D eigenvalue weighted by atomic mass is 35.5. The predicted octanol–water partition coefficient (Wildman–Crippen LogP) is 5.28. The molecule has 0 saturated heterocycles. The van der Waals surface area contributed by atoms with Gasteiger partial charge in [0.05, 0.1) is 24.8 Å². The Hall–Kier alpha value is -2.37. The van der Waals surface area contributed by atoms with Gasteiger partial charge in [0, 0.05) is 16.0 Å². The van der Waals surface area contributed by atoms with Crippen LogP contribution in [-0.4, -0.2) is 17.5 Å². The molecule has 0 aliphatic heterocycles. The molecule has 2 aromatic carbocycles. The second-order valence-corrected chi connectivity index (χ2v) is 7.42. The molecule has 1 aromatic heterocycles. The van der Waals surface area contributed by atoms with Gasteiger partial charge in [-0.1, -0.05) is 35.9 Å². The number of carbonyl (C=O) groups excluding carboxylic acids is 1. The third-order valence-corrected chi connectivity index (χ3v) is 5.21. The van der Waals surface area contributed by atoms with Crippen LogP contribution in [0.4, 0.5) is 0 Å². The van der Waals surface area contributed by atoms with Crippen molar-refractivity contribution < 1.29 is 9.53 Å². The van der Waals surface area contributed by atoms with Gasteiger partial charge in [0.15, 0.2) is 0 Å². The lowest BCUT2D eigenvalue weighted by molar-refractivity contribution is -0.121. The molecular formula is C21H21ClN2O2S. The van der Waals surface area contributed by atoms with E-state index in [1.165, 1.54) is 11.3 Å². The second kappa shape index (κ2) is 9.02. The van der Waals surface area contributed by atoms with E-state index in [0.717, 1.165) is 27.6 Å². The lowest BCUT2D eigenvalue weighted by Crippen LogP contribution is -2.28. The number of hydrogen-bond acceptors (Lipinski definition) is 4. The van der Waals surface area contributed by atoms with Gasteiger partial charge >= 0.3 is 0 Å². The Morgan fingerprint density at radius 3 is 2.74 bits per heavy atom. The fourth-order valence-electron chi connectivity index (χ4n) is 2.70. The molecule has 140 valence electrons. The van der Waals surface area contributed by atoms with Crippen LogP contribution in [-0.2, 0) is 11.2 Å². The number of nitrogens with one attached hydrogen (secondary N) is 1. The zero-order valence-corrected chi connectivity index (χ0v) is 16.8. The van der Waals surface area contributed by atoms with Crippen LogP contribution in [0.25, 0.3) is 10.6 Å². The number of ether oxygens (including phenoxy) is 1. The first kappa shape index (κ1) is 19.4. The summed E-state index contributed by atoms with van der Waals surface area (Å²) >= 11 is 7.54. The van der Waals surface area contributed by atoms with Crippen LogP contribution >= 0.6 is 22.9 Å². The van der Waals surface area contributed by atoms with Crippen LogP contribution in [0.15, 0.2) is 53.9 Å². The maximum absolute atomic E-state index is 12.4. The molecule has 3 aromatic rings. The molecule has 1 N–H and O–H groups in total. The molecule has 1 unspecified atom stereocenters. The minimum Gasteiger partial charge on any atom is -0.494 e. The van der Waals surface area contributed by atoms with Gasteiger partial charge in [-0.05, 0) is 43.7 Å². The first-order chi connectivity index (χ1) is 13.0. The third-order valence-electron chi connectivity index (χ3n) is 4.03. The van der Waals surface area contributed by atoms with Gasteiger partial charge in [0.2, 0.25) is 5.91 Å². The first-order valence-electron chi connectivity index (χ1n) is 8.77. The predicted molar refractivity (Wildman–Crippen MR) is 110 cm³/mol. The second-order valence-electron chi connectivity index (χ2n) is 6.12. The Balaban J connectivity index is 1.59. The van der Waals surface area contributed by atoms with Crippen molar-refractivity contribution in [3.05, 3.63) is 70.2 Å². The molecular weight excluding hydrogens is 380 g/mol. The summed E-state index contributed by atoms with van der Waals surface area (Å²) < 4.78 is 5.44. The van der Waals surface area contributed by atoms with Crippen molar-refractivity contribution in [3.8, 4) is 16.3 Å². The van der Waals surface area contributed by atoms with E-state index in [4.69, 9.17) is 16.3 Å². The maximum Gasteiger partial charge on any atom is 0.226 e. The van der Waals surface area contributed by atoms with Gasteiger partial charge in [-0.25, -0.2) is 4.98 Å². The molecule has 0 fully saturated rings. The van der Waals surface area contributed by atoms with Crippen molar-refractivity contribution in [1.29, 1.82) is 0 Å². The first-order valence-corrected chi connectivity index (χ1v) is 10.0. The van der Waals surface area contributed by atoms with Crippen molar-refractivity contribution >= 4 is 28.8 Å². The molecule has 0 aliphatic rings. The van der Waals surface area contributed by atoms with Crippen molar-refractivity contribution in [2.45, 2.75) is 26.3 Å². The molecule has 3 rings (SSSR count). The summed E-state index contributed by atoms with van der Waals surface area (Å²) in [4.78, 5) is 16.9. The third kappa shape index (κ3) is 5.31. The molecule has 1 heterocycles. The Morgan fingerprint density at radius 2 is 2.04 bits per heavy atom. The molecule has 0 spiro atoms. The lowest BCUT2D eigenvalue weighted by atomic mass is 10.1. The number of halogens is 1. The topological polar surface area (TPSA) is 51.2 Å². The number of aromatic nitrogens is 1. The van der Waals surface area contributed by atoms with E-state index >= 15 is 0 Å². The maximum atomic E-state index is 12.4. The van der Waals surface area contributed by atoms with Crippen LogP contribution in [0.2, 0.25) is 5.02 Å². The normalized spacial score (nSPS) is 11.8. The SMILES string of the molecule is CCOc1ccc(C(C)NC(=O)Cc2csc(-c3cccc(Cl)c3)n2)cc1. The molecule has 0 radical (unpaired) electrons. The molecule has 1 amide bonds. The van der Waals surface area contributed by atoms with E-state index in [9.17, 15) is 4.79 Å². The van der Waals surface area contributed by atoms with Crippen molar-refractivity contribution in [2.24, 2.45) is 0 Å². The summed E-state index contributed by atoms with van der Waals surface area (Å²) in [6.45, 7) is 4.55. The Morgan fingerprint density at radius 1 is 1.26 bits per heavy atom. The summed E-state index contributed by atoms with van der Waals surface area (Å²) in [6, 6.07) is 15.2. The highest BCUT2D eigenvalue weighted by molar-refractivity contribution is 7.13. The Bertz CT molecular complexity index is 909. The molecule has 0 aliphatic carbocycles. The number of benzene rings is 2. The smallest absolute Gasteiger partial charge is 0.226 e. The van der Waals surface area contributed by atoms with Gasteiger partial charge in [-0.3, -0.25) is 4.79 Å². The van der Waals surface area contributed by atoms with Crippen LogP contribution in [0.5, 0.6) is 5.75 Å². The monoisotopic (exact) mass is 400 g/mol. The minimum atomic E-state index is -0.0841. The van der Waals surface area contributed by atoms with Crippen LogP contribution in [0.1, 0.15) is 31.1 Å². The Kier molecular flexibility index (Phi) is 6.48. The largest absolute Gasteiger partial charge is 0.494 e. The van der Waals surface area contributed by atoms with Crippen molar-refractivity contribution in [2.75, 3.05) is 6.61 Å². The van der Waals surface area contributed by atoms with Gasteiger partial charge < -0.3 is 10.1 Å². The average molecular weight is 401 g/mol. The highest BCUT2D eigenvalue weighted by Gasteiger charge is 2.13. The summed E-state index contributed by atoms with van der Waals surface area (Å²) in [5.74, 6) is 0.773. The van der Waals surface area contributed by atoms with Gasteiger partial charge in [0.25, 0.3) is 0 Å². The summed E-state index contributed by atoms with van der Waals surface area (Å²) in [7, 11) is 0.